The van der Waals surface area contributed by atoms with Crippen LogP contribution in [0, 0.1) is 17.1 Å². The van der Waals surface area contributed by atoms with Crippen molar-refractivity contribution in [3.8, 4) is 6.07 Å². The molecular weight excluding hydrogens is 317 g/mol. The number of halogens is 1. The van der Waals surface area contributed by atoms with E-state index in [0.29, 0.717) is 17.8 Å². The summed E-state index contributed by atoms with van der Waals surface area (Å²) in [5.41, 5.74) is 1.30. The fourth-order valence-corrected chi connectivity index (χ4v) is 3.29. The number of carbonyl (C=O) groups excluding carboxylic acids is 1. The zero-order chi connectivity index (χ0) is 17.6. The third-order valence-corrected chi connectivity index (χ3v) is 4.57. The van der Waals surface area contributed by atoms with Crippen molar-refractivity contribution in [2.75, 3.05) is 18.0 Å². The zero-order valence-electron chi connectivity index (χ0n) is 13.9. The maximum Gasteiger partial charge on any atom is 0.251 e. The highest BCUT2D eigenvalue weighted by atomic mass is 19.1. The molecule has 1 N–H and O–H groups in total. The van der Waals surface area contributed by atoms with E-state index in [1.54, 1.807) is 24.3 Å². The second-order valence-corrected chi connectivity index (χ2v) is 6.16. The molecular formula is C20H20FN3O. The molecule has 3 rings (SSSR count). The topological polar surface area (TPSA) is 56.1 Å². The summed E-state index contributed by atoms with van der Waals surface area (Å²) in [5, 5.41) is 12.3. The van der Waals surface area contributed by atoms with E-state index in [-0.39, 0.29) is 17.5 Å². The van der Waals surface area contributed by atoms with Gasteiger partial charge in [-0.05, 0) is 43.5 Å². The third-order valence-electron chi connectivity index (χ3n) is 4.57. The van der Waals surface area contributed by atoms with Gasteiger partial charge in [0.2, 0.25) is 0 Å². The molecule has 25 heavy (non-hydrogen) atoms. The molecule has 128 valence electrons. The molecule has 2 aromatic rings. The van der Waals surface area contributed by atoms with Crippen molar-refractivity contribution in [2.45, 2.75) is 25.3 Å². The first kappa shape index (κ1) is 17.0. The van der Waals surface area contributed by atoms with E-state index >= 15 is 0 Å². The predicted octanol–water partition coefficient (Wildman–Crippen LogP) is 3.49. The summed E-state index contributed by atoms with van der Waals surface area (Å²) in [6.45, 7) is 1.22. The van der Waals surface area contributed by atoms with Gasteiger partial charge in [0, 0.05) is 24.7 Å². The Bertz CT molecular complexity index is 785. The lowest BCUT2D eigenvalue weighted by atomic mass is 9.99. The number of amides is 1. The van der Waals surface area contributed by atoms with Crippen molar-refractivity contribution in [3.63, 3.8) is 0 Å². The Balaban J connectivity index is 1.75. The van der Waals surface area contributed by atoms with Crippen molar-refractivity contribution >= 4 is 11.6 Å². The average molecular weight is 337 g/mol. The number of nitrogens with one attached hydrogen (secondary N) is 1. The first-order valence-corrected chi connectivity index (χ1v) is 8.49. The van der Waals surface area contributed by atoms with Crippen LogP contribution in [-0.4, -0.2) is 25.0 Å². The Labute approximate surface area is 146 Å². The number of piperidine rings is 1. The standard InChI is InChI=1S/C20H20FN3O/c21-18-10-6-11-19(17(18)13-22)24-12-5-4-9-16(24)14-23-20(25)15-7-2-1-3-8-15/h1-3,6-8,10-11,16H,4-5,9,12,14H2,(H,23,25). The van der Waals surface area contributed by atoms with Crippen LogP contribution in [-0.2, 0) is 0 Å². The molecule has 1 heterocycles. The van der Waals surface area contributed by atoms with Crippen LogP contribution in [0.5, 0.6) is 0 Å². The first-order valence-electron chi connectivity index (χ1n) is 8.49. The molecule has 1 atom stereocenters. The minimum absolute atomic E-state index is 0.0512. The molecule has 0 spiro atoms. The number of hydrogen-bond donors (Lipinski definition) is 1. The summed E-state index contributed by atoms with van der Waals surface area (Å²) in [6.07, 6.45) is 2.94. The Morgan fingerprint density at radius 3 is 2.76 bits per heavy atom. The van der Waals surface area contributed by atoms with Gasteiger partial charge in [0.05, 0.1) is 5.69 Å². The molecule has 0 saturated carbocycles. The van der Waals surface area contributed by atoms with Crippen LogP contribution in [0.3, 0.4) is 0 Å². The molecule has 1 aliphatic rings. The van der Waals surface area contributed by atoms with Crippen LogP contribution in [0.15, 0.2) is 48.5 Å². The minimum Gasteiger partial charge on any atom is -0.366 e. The highest BCUT2D eigenvalue weighted by molar-refractivity contribution is 5.94. The van der Waals surface area contributed by atoms with Gasteiger partial charge >= 0.3 is 0 Å². The normalized spacial score (nSPS) is 17.0. The van der Waals surface area contributed by atoms with E-state index in [4.69, 9.17) is 0 Å². The fraction of sp³-hybridized carbons (Fsp3) is 0.300. The molecule has 1 aliphatic heterocycles. The molecule has 1 unspecified atom stereocenters. The number of carbonyl (C=O) groups is 1. The fourth-order valence-electron chi connectivity index (χ4n) is 3.29. The lowest BCUT2D eigenvalue weighted by Crippen LogP contribution is -2.47. The van der Waals surface area contributed by atoms with Crippen molar-refractivity contribution in [1.29, 1.82) is 5.26 Å². The molecule has 2 aromatic carbocycles. The van der Waals surface area contributed by atoms with Crippen LogP contribution in [0.2, 0.25) is 0 Å². The molecule has 0 bridgehead atoms. The summed E-state index contributed by atoms with van der Waals surface area (Å²) in [6, 6.07) is 15.8. The van der Waals surface area contributed by atoms with Crippen molar-refractivity contribution < 1.29 is 9.18 Å². The number of nitrogens with zero attached hydrogens (tertiary/aromatic N) is 2. The number of hydrogen-bond acceptors (Lipinski definition) is 3. The van der Waals surface area contributed by atoms with E-state index in [9.17, 15) is 14.4 Å². The molecule has 0 aliphatic carbocycles. The van der Waals surface area contributed by atoms with E-state index in [1.807, 2.05) is 24.3 Å². The second-order valence-electron chi connectivity index (χ2n) is 6.16. The number of nitriles is 1. The van der Waals surface area contributed by atoms with Crippen molar-refractivity contribution in [1.82, 2.24) is 5.32 Å². The predicted molar refractivity (Wildman–Crippen MR) is 94.9 cm³/mol. The van der Waals surface area contributed by atoms with Crippen LogP contribution >= 0.6 is 0 Å². The largest absolute Gasteiger partial charge is 0.366 e. The highest BCUT2D eigenvalue weighted by Crippen LogP contribution is 2.29. The first-order chi connectivity index (χ1) is 12.2. The van der Waals surface area contributed by atoms with Gasteiger partial charge in [-0.1, -0.05) is 24.3 Å². The molecule has 1 fully saturated rings. The molecule has 0 aromatic heterocycles. The Morgan fingerprint density at radius 2 is 2.00 bits per heavy atom. The Morgan fingerprint density at radius 1 is 1.20 bits per heavy atom. The zero-order valence-corrected chi connectivity index (χ0v) is 13.9. The summed E-state index contributed by atoms with van der Waals surface area (Å²) in [5.74, 6) is -0.622. The van der Waals surface area contributed by atoms with Crippen molar-refractivity contribution in [3.05, 3.63) is 65.5 Å². The smallest absolute Gasteiger partial charge is 0.251 e. The van der Waals surface area contributed by atoms with Crippen LogP contribution in [0.4, 0.5) is 10.1 Å². The number of rotatable bonds is 4. The SMILES string of the molecule is N#Cc1c(F)cccc1N1CCCCC1CNC(=O)c1ccccc1. The van der Waals surface area contributed by atoms with Crippen LogP contribution in [0.25, 0.3) is 0 Å². The Hall–Kier alpha value is -2.87. The van der Waals surface area contributed by atoms with Gasteiger partial charge in [0.1, 0.15) is 17.4 Å². The van der Waals surface area contributed by atoms with Gasteiger partial charge in [-0.2, -0.15) is 5.26 Å². The van der Waals surface area contributed by atoms with E-state index < -0.39 is 5.82 Å². The third kappa shape index (κ3) is 3.80. The maximum absolute atomic E-state index is 13.9. The monoisotopic (exact) mass is 337 g/mol. The molecule has 4 nitrogen and oxygen atoms in total. The molecule has 1 amide bonds. The lowest BCUT2D eigenvalue weighted by Gasteiger charge is -2.38. The highest BCUT2D eigenvalue weighted by Gasteiger charge is 2.26. The molecule has 5 heteroatoms. The van der Waals surface area contributed by atoms with E-state index in [1.165, 1.54) is 6.07 Å². The van der Waals surface area contributed by atoms with Gasteiger partial charge in [0.15, 0.2) is 0 Å². The Kier molecular flexibility index (Phi) is 5.30. The van der Waals surface area contributed by atoms with Gasteiger partial charge in [0.25, 0.3) is 5.91 Å². The summed E-state index contributed by atoms with van der Waals surface area (Å²) in [4.78, 5) is 14.3. The lowest BCUT2D eigenvalue weighted by molar-refractivity contribution is 0.0949. The molecule has 1 saturated heterocycles. The quantitative estimate of drug-likeness (QED) is 0.929. The second kappa shape index (κ2) is 7.80. The molecule has 0 radical (unpaired) electrons. The van der Waals surface area contributed by atoms with E-state index in [0.717, 1.165) is 25.8 Å². The average Bonchev–Trinajstić information content (AvgIpc) is 2.67. The summed E-state index contributed by atoms with van der Waals surface area (Å²) >= 11 is 0. The van der Waals surface area contributed by atoms with Crippen molar-refractivity contribution in [2.24, 2.45) is 0 Å². The van der Waals surface area contributed by atoms with Crippen LogP contribution < -0.4 is 10.2 Å². The van der Waals surface area contributed by atoms with Gasteiger partial charge in [-0.15, -0.1) is 0 Å². The van der Waals surface area contributed by atoms with Gasteiger partial charge in [-0.3, -0.25) is 4.79 Å². The number of anilines is 1. The maximum atomic E-state index is 13.9. The number of benzene rings is 2. The van der Waals surface area contributed by atoms with Gasteiger partial charge in [-0.25, -0.2) is 4.39 Å². The summed E-state index contributed by atoms with van der Waals surface area (Å²) in [7, 11) is 0. The minimum atomic E-state index is -0.502. The van der Waals surface area contributed by atoms with E-state index in [2.05, 4.69) is 10.2 Å². The summed E-state index contributed by atoms with van der Waals surface area (Å²) < 4.78 is 13.9. The van der Waals surface area contributed by atoms with Crippen LogP contribution in [0.1, 0.15) is 35.2 Å². The van der Waals surface area contributed by atoms with Gasteiger partial charge < -0.3 is 10.2 Å².